The van der Waals surface area contributed by atoms with Crippen molar-refractivity contribution in [1.82, 2.24) is 0 Å². The number of benzene rings is 1. The Morgan fingerprint density at radius 1 is 1.16 bits per heavy atom. The molecule has 0 saturated carbocycles. The minimum atomic E-state index is -0.841. The summed E-state index contributed by atoms with van der Waals surface area (Å²) in [5.41, 5.74) is 4.05. The highest BCUT2D eigenvalue weighted by Gasteiger charge is 2.23. The van der Waals surface area contributed by atoms with E-state index < -0.39 is 12.1 Å². The Morgan fingerprint density at radius 2 is 1.92 bits per heavy atom. The number of anilines is 1. The van der Waals surface area contributed by atoms with Gasteiger partial charge < -0.3 is 10.1 Å². The van der Waals surface area contributed by atoms with Crippen LogP contribution in [-0.4, -0.2) is 18.0 Å². The summed E-state index contributed by atoms with van der Waals surface area (Å²) in [5.74, 6) is -0.730. The van der Waals surface area contributed by atoms with Gasteiger partial charge in [-0.3, -0.25) is 4.79 Å². The zero-order valence-corrected chi connectivity index (χ0v) is 15.7. The third-order valence-corrected chi connectivity index (χ3v) is 5.72. The van der Waals surface area contributed by atoms with Crippen molar-refractivity contribution in [2.24, 2.45) is 0 Å². The average molecular weight is 357 g/mol. The number of thiophene rings is 1. The first-order chi connectivity index (χ1) is 11.9. The molecule has 3 rings (SSSR count). The summed E-state index contributed by atoms with van der Waals surface area (Å²) < 4.78 is 5.38. The number of rotatable bonds is 4. The van der Waals surface area contributed by atoms with Crippen LogP contribution >= 0.6 is 11.3 Å². The first-order valence-corrected chi connectivity index (χ1v) is 9.46. The van der Waals surface area contributed by atoms with Gasteiger partial charge in [-0.05, 0) is 75.3 Å². The summed E-state index contributed by atoms with van der Waals surface area (Å²) in [6, 6.07) is 7.79. The third-order valence-electron chi connectivity index (χ3n) is 4.50. The maximum absolute atomic E-state index is 12.4. The lowest BCUT2D eigenvalue weighted by Crippen LogP contribution is -2.30. The molecule has 0 aliphatic heterocycles. The van der Waals surface area contributed by atoms with E-state index >= 15 is 0 Å². The van der Waals surface area contributed by atoms with Gasteiger partial charge in [-0.2, -0.15) is 0 Å². The highest BCUT2D eigenvalue weighted by Crippen LogP contribution is 2.30. The number of nitrogens with one attached hydrogen (secondary N) is 1. The molecule has 1 aromatic carbocycles. The van der Waals surface area contributed by atoms with Gasteiger partial charge in [0.1, 0.15) is 4.88 Å². The Morgan fingerprint density at radius 3 is 2.68 bits per heavy atom. The van der Waals surface area contributed by atoms with Crippen LogP contribution in [0.2, 0.25) is 0 Å². The van der Waals surface area contributed by atoms with Crippen LogP contribution in [0.3, 0.4) is 0 Å². The van der Waals surface area contributed by atoms with Crippen molar-refractivity contribution < 1.29 is 14.3 Å². The smallest absolute Gasteiger partial charge is 0.349 e. The normalized spacial score (nSPS) is 14.5. The molecule has 1 aliphatic carbocycles. The number of aryl methyl sites for hydroxylation is 4. The molecule has 25 heavy (non-hydrogen) atoms. The molecule has 0 saturated heterocycles. The molecular weight excluding hydrogens is 334 g/mol. The van der Waals surface area contributed by atoms with Crippen molar-refractivity contribution in [3.05, 3.63) is 50.7 Å². The molecule has 1 N–H and O–H groups in total. The number of carbonyl (C=O) groups is 2. The van der Waals surface area contributed by atoms with Crippen molar-refractivity contribution in [2.45, 2.75) is 52.6 Å². The first kappa shape index (κ1) is 17.7. The summed E-state index contributed by atoms with van der Waals surface area (Å²) in [6.07, 6.45) is 3.58. The molecule has 1 atom stereocenters. The van der Waals surface area contributed by atoms with Crippen LogP contribution < -0.4 is 5.32 Å². The van der Waals surface area contributed by atoms with Crippen molar-refractivity contribution in [3.63, 3.8) is 0 Å². The molecule has 132 valence electrons. The number of hydrogen-bond acceptors (Lipinski definition) is 4. The van der Waals surface area contributed by atoms with Gasteiger partial charge in [0.05, 0.1) is 0 Å². The van der Waals surface area contributed by atoms with E-state index in [1.165, 1.54) is 34.6 Å². The Balaban J connectivity index is 1.63. The molecule has 0 fully saturated rings. The summed E-state index contributed by atoms with van der Waals surface area (Å²) in [4.78, 5) is 26.6. The molecule has 1 aromatic heterocycles. The molecule has 1 amide bonds. The SMILES string of the molecule is Cc1ccc(C)c(NC(=O)[C@H](C)OC(=O)c2cc3c(s2)CCCC3)c1. The summed E-state index contributed by atoms with van der Waals surface area (Å²) in [6.45, 7) is 5.50. The number of carbonyl (C=O) groups excluding carboxylic acids is 2. The van der Waals surface area contributed by atoms with Crippen molar-refractivity contribution >= 4 is 28.9 Å². The zero-order chi connectivity index (χ0) is 18.0. The van der Waals surface area contributed by atoms with Crippen LogP contribution in [0.15, 0.2) is 24.3 Å². The third kappa shape index (κ3) is 4.10. The second kappa shape index (κ2) is 7.40. The fraction of sp³-hybridized carbons (Fsp3) is 0.400. The number of fused-ring (bicyclic) bond motifs is 1. The van der Waals surface area contributed by atoms with Crippen LogP contribution in [0.4, 0.5) is 5.69 Å². The first-order valence-electron chi connectivity index (χ1n) is 8.64. The van der Waals surface area contributed by atoms with Gasteiger partial charge in [0.15, 0.2) is 6.10 Å². The summed E-state index contributed by atoms with van der Waals surface area (Å²) >= 11 is 1.50. The monoisotopic (exact) mass is 357 g/mol. The minimum absolute atomic E-state index is 0.316. The van der Waals surface area contributed by atoms with Crippen LogP contribution in [0.1, 0.15) is 51.0 Å². The summed E-state index contributed by atoms with van der Waals surface area (Å²) in [5, 5.41) is 2.84. The van der Waals surface area contributed by atoms with E-state index in [-0.39, 0.29) is 5.91 Å². The number of amides is 1. The van der Waals surface area contributed by atoms with Crippen LogP contribution in [0.25, 0.3) is 0 Å². The molecule has 0 radical (unpaired) electrons. The molecule has 0 unspecified atom stereocenters. The average Bonchev–Trinajstić information content (AvgIpc) is 3.02. The van der Waals surface area contributed by atoms with Gasteiger partial charge in [0.2, 0.25) is 0 Å². The zero-order valence-electron chi connectivity index (χ0n) is 14.8. The predicted molar refractivity (Wildman–Crippen MR) is 100 cm³/mol. The molecule has 5 heteroatoms. The Labute approximate surface area is 152 Å². The molecule has 1 heterocycles. The lowest BCUT2D eigenvalue weighted by molar-refractivity contribution is -0.123. The van der Waals surface area contributed by atoms with Gasteiger partial charge >= 0.3 is 5.97 Å². The van der Waals surface area contributed by atoms with E-state index in [1.807, 2.05) is 38.1 Å². The standard InChI is InChI=1S/C20H23NO3S/c1-12-8-9-13(2)16(10-12)21-19(22)14(3)24-20(23)18-11-15-6-4-5-7-17(15)25-18/h8-11,14H,4-7H2,1-3H3,(H,21,22)/t14-/m0/s1. The molecule has 2 aromatic rings. The lowest BCUT2D eigenvalue weighted by atomic mass is 9.99. The van der Waals surface area contributed by atoms with Crippen LogP contribution in [-0.2, 0) is 22.4 Å². The van der Waals surface area contributed by atoms with E-state index in [2.05, 4.69) is 5.32 Å². The van der Waals surface area contributed by atoms with Crippen molar-refractivity contribution in [3.8, 4) is 0 Å². The predicted octanol–water partition coefficient (Wildman–Crippen LogP) is 4.43. The topological polar surface area (TPSA) is 55.4 Å². The van der Waals surface area contributed by atoms with E-state index in [0.717, 1.165) is 29.7 Å². The highest BCUT2D eigenvalue weighted by atomic mass is 32.1. The maximum atomic E-state index is 12.4. The Hall–Kier alpha value is -2.14. The van der Waals surface area contributed by atoms with Gasteiger partial charge in [0, 0.05) is 10.6 Å². The van der Waals surface area contributed by atoms with Gasteiger partial charge in [-0.1, -0.05) is 12.1 Å². The second-order valence-corrected chi connectivity index (χ2v) is 7.76. The van der Waals surface area contributed by atoms with Gasteiger partial charge in [-0.15, -0.1) is 11.3 Å². The number of esters is 1. The Bertz CT molecular complexity index is 786. The van der Waals surface area contributed by atoms with Crippen molar-refractivity contribution in [2.75, 3.05) is 5.32 Å². The Kier molecular flexibility index (Phi) is 5.23. The summed E-state index contributed by atoms with van der Waals surface area (Å²) in [7, 11) is 0. The van der Waals surface area contributed by atoms with Crippen LogP contribution in [0.5, 0.6) is 0 Å². The quantitative estimate of drug-likeness (QED) is 0.824. The minimum Gasteiger partial charge on any atom is -0.448 e. The molecular formula is C20H23NO3S. The molecule has 0 bridgehead atoms. The fourth-order valence-electron chi connectivity index (χ4n) is 2.97. The largest absolute Gasteiger partial charge is 0.448 e. The van der Waals surface area contributed by atoms with E-state index in [0.29, 0.717) is 4.88 Å². The molecule has 0 spiro atoms. The highest BCUT2D eigenvalue weighted by molar-refractivity contribution is 7.14. The maximum Gasteiger partial charge on any atom is 0.349 e. The van der Waals surface area contributed by atoms with Crippen LogP contribution in [0, 0.1) is 13.8 Å². The molecule has 1 aliphatic rings. The fourth-order valence-corrected chi connectivity index (χ4v) is 4.10. The van der Waals surface area contributed by atoms with E-state index in [9.17, 15) is 9.59 Å². The second-order valence-electron chi connectivity index (χ2n) is 6.62. The van der Waals surface area contributed by atoms with E-state index in [1.54, 1.807) is 6.92 Å². The van der Waals surface area contributed by atoms with Gasteiger partial charge in [0.25, 0.3) is 5.91 Å². The van der Waals surface area contributed by atoms with Gasteiger partial charge in [-0.25, -0.2) is 4.79 Å². The van der Waals surface area contributed by atoms with Crippen molar-refractivity contribution in [1.29, 1.82) is 0 Å². The number of hydrogen-bond donors (Lipinski definition) is 1. The number of ether oxygens (including phenoxy) is 1. The lowest BCUT2D eigenvalue weighted by Gasteiger charge is -2.14. The molecule has 4 nitrogen and oxygen atoms in total. The van der Waals surface area contributed by atoms with E-state index in [4.69, 9.17) is 4.74 Å².